The van der Waals surface area contributed by atoms with Gasteiger partial charge in [-0.1, -0.05) is 6.92 Å². The second kappa shape index (κ2) is 6.03. The molecule has 1 amide bonds. The molecule has 1 saturated heterocycles. The van der Waals surface area contributed by atoms with E-state index < -0.39 is 34.1 Å². The van der Waals surface area contributed by atoms with Crippen LogP contribution >= 0.6 is 11.8 Å². The van der Waals surface area contributed by atoms with E-state index in [2.05, 4.69) is 0 Å². The Morgan fingerprint density at radius 1 is 1.61 bits per heavy atom. The van der Waals surface area contributed by atoms with Crippen LogP contribution in [0.25, 0.3) is 0 Å². The Hall–Kier alpha value is -1.31. The molecule has 0 bridgehead atoms. The Morgan fingerprint density at radius 3 is 2.67 bits per heavy atom. The van der Waals surface area contributed by atoms with Crippen molar-refractivity contribution in [3.8, 4) is 0 Å². The zero-order valence-corrected chi connectivity index (χ0v) is 11.1. The molecule has 3 atom stereocenters. The minimum absolute atomic E-state index is 0.328. The molecule has 7 nitrogen and oxygen atoms in total. The number of aliphatic carboxylic acids is 1. The molecule has 1 N–H and O–H groups in total. The van der Waals surface area contributed by atoms with Crippen LogP contribution in [-0.4, -0.2) is 50.5 Å². The van der Waals surface area contributed by atoms with Crippen molar-refractivity contribution in [2.75, 3.05) is 12.3 Å². The minimum Gasteiger partial charge on any atom is -0.479 e. The molecule has 1 aliphatic heterocycles. The van der Waals surface area contributed by atoms with Crippen molar-refractivity contribution >= 4 is 23.6 Å². The van der Waals surface area contributed by atoms with Crippen LogP contribution in [0.3, 0.4) is 0 Å². The first kappa shape index (κ1) is 14.7. The van der Waals surface area contributed by atoms with Crippen molar-refractivity contribution in [2.45, 2.75) is 31.7 Å². The number of amides is 1. The van der Waals surface area contributed by atoms with Gasteiger partial charge in [-0.05, 0) is 6.42 Å². The highest BCUT2D eigenvalue weighted by molar-refractivity contribution is 8.00. The second-order valence-electron chi connectivity index (χ2n) is 4.13. The highest BCUT2D eigenvalue weighted by atomic mass is 32.2. The molecule has 0 aromatic rings. The van der Waals surface area contributed by atoms with Crippen molar-refractivity contribution in [1.82, 2.24) is 4.90 Å². The van der Waals surface area contributed by atoms with E-state index in [0.717, 1.165) is 0 Å². The summed E-state index contributed by atoms with van der Waals surface area (Å²) in [6.45, 7) is 3.41. The van der Waals surface area contributed by atoms with Crippen molar-refractivity contribution in [3.63, 3.8) is 0 Å². The SMILES string of the molecule is CC[C@H](C(=O)N1CCSC1C(=O)O)C(C)[N+](=O)[O-]. The number of nitro groups is 1. The van der Waals surface area contributed by atoms with Gasteiger partial charge in [-0.2, -0.15) is 0 Å². The highest BCUT2D eigenvalue weighted by Gasteiger charge is 2.41. The molecule has 0 aliphatic carbocycles. The van der Waals surface area contributed by atoms with Crippen LogP contribution in [0.5, 0.6) is 0 Å². The number of carboxylic acids is 1. The summed E-state index contributed by atoms with van der Waals surface area (Å²) in [6.07, 6.45) is 0.328. The van der Waals surface area contributed by atoms with E-state index in [4.69, 9.17) is 5.11 Å². The first-order valence-electron chi connectivity index (χ1n) is 5.68. The smallest absolute Gasteiger partial charge is 0.337 e. The third-order valence-electron chi connectivity index (χ3n) is 3.06. The number of carbonyl (C=O) groups is 2. The molecule has 0 aromatic carbocycles. The van der Waals surface area contributed by atoms with Gasteiger partial charge in [0.2, 0.25) is 11.9 Å². The Bertz CT molecular complexity index is 358. The molecule has 0 saturated carbocycles. The lowest BCUT2D eigenvalue weighted by molar-refractivity contribution is -0.525. The number of hydrogen-bond acceptors (Lipinski definition) is 5. The van der Waals surface area contributed by atoms with E-state index in [0.29, 0.717) is 18.7 Å². The van der Waals surface area contributed by atoms with E-state index in [-0.39, 0.29) is 0 Å². The fourth-order valence-corrected chi connectivity index (χ4v) is 3.04. The molecule has 0 spiro atoms. The lowest BCUT2D eigenvalue weighted by atomic mass is 9.97. The Balaban J connectivity index is 2.84. The van der Waals surface area contributed by atoms with Crippen LogP contribution in [0.1, 0.15) is 20.3 Å². The van der Waals surface area contributed by atoms with Crippen molar-refractivity contribution in [2.24, 2.45) is 5.92 Å². The van der Waals surface area contributed by atoms with Crippen LogP contribution in [0.2, 0.25) is 0 Å². The monoisotopic (exact) mass is 276 g/mol. The van der Waals surface area contributed by atoms with Crippen LogP contribution in [0.15, 0.2) is 0 Å². The fourth-order valence-electron chi connectivity index (χ4n) is 1.98. The van der Waals surface area contributed by atoms with Gasteiger partial charge in [0.25, 0.3) is 0 Å². The van der Waals surface area contributed by atoms with Gasteiger partial charge in [0.15, 0.2) is 5.37 Å². The summed E-state index contributed by atoms with van der Waals surface area (Å²) in [6, 6.07) is -0.998. The fraction of sp³-hybridized carbons (Fsp3) is 0.800. The predicted molar refractivity (Wildman–Crippen MR) is 65.8 cm³/mol. The second-order valence-corrected chi connectivity index (χ2v) is 5.32. The van der Waals surface area contributed by atoms with Gasteiger partial charge < -0.3 is 10.0 Å². The summed E-state index contributed by atoms with van der Waals surface area (Å²) >= 11 is 1.17. The largest absolute Gasteiger partial charge is 0.479 e. The molecule has 0 aromatic heterocycles. The summed E-state index contributed by atoms with van der Waals surface area (Å²) in [5.41, 5.74) is 0. The minimum atomic E-state index is -1.07. The maximum absolute atomic E-state index is 12.2. The van der Waals surface area contributed by atoms with E-state index >= 15 is 0 Å². The van der Waals surface area contributed by atoms with Crippen LogP contribution in [0.4, 0.5) is 0 Å². The molecule has 102 valence electrons. The number of carboxylic acid groups (broad SMARTS) is 1. The summed E-state index contributed by atoms with van der Waals surface area (Å²) in [4.78, 5) is 34.7. The topological polar surface area (TPSA) is 101 Å². The van der Waals surface area contributed by atoms with Gasteiger partial charge >= 0.3 is 5.97 Å². The molecule has 2 unspecified atom stereocenters. The zero-order chi connectivity index (χ0) is 13.9. The third-order valence-corrected chi connectivity index (χ3v) is 4.25. The molecular weight excluding hydrogens is 260 g/mol. The standard InChI is InChI=1S/C10H16N2O5S/c1-3-7(6(2)12(16)17)8(13)11-4-5-18-9(11)10(14)15/h6-7,9H,3-5H2,1-2H3,(H,14,15)/t6?,7-,9?/m0/s1. The molecule has 8 heteroatoms. The van der Waals surface area contributed by atoms with E-state index in [9.17, 15) is 19.7 Å². The normalized spacial score (nSPS) is 22.6. The zero-order valence-electron chi connectivity index (χ0n) is 10.2. The summed E-state index contributed by atoms with van der Waals surface area (Å²) in [5.74, 6) is -1.72. The number of nitrogens with zero attached hydrogens (tertiary/aromatic N) is 2. The number of thioether (sulfide) groups is 1. The molecule has 0 radical (unpaired) electrons. The Kier molecular flexibility index (Phi) is 4.94. The average Bonchev–Trinajstić information content (AvgIpc) is 2.78. The summed E-state index contributed by atoms with van der Waals surface area (Å²) in [5, 5.41) is 18.8. The maximum Gasteiger partial charge on any atom is 0.337 e. The van der Waals surface area contributed by atoms with E-state index in [1.807, 2.05) is 0 Å². The van der Waals surface area contributed by atoms with Gasteiger partial charge in [0.05, 0.1) is 0 Å². The van der Waals surface area contributed by atoms with Crippen LogP contribution in [-0.2, 0) is 9.59 Å². The third kappa shape index (κ3) is 2.92. The van der Waals surface area contributed by atoms with E-state index in [1.54, 1.807) is 6.92 Å². The molecule has 1 aliphatic rings. The van der Waals surface area contributed by atoms with E-state index in [1.165, 1.54) is 23.6 Å². The number of rotatable bonds is 5. The summed E-state index contributed by atoms with van der Waals surface area (Å²) in [7, 11) is 0. The maximum atomic E-state index is 12.2. The lowest BCUT2D eigenvalue weighted by Gasteiger charge is -2.25. The van der Waals surface area contributed by atoms with Gasteiger partial charge in [0.1, 0.15) is 5.92 Å². The van der Waals surface area contributed by atoms with Gasteiger partial charge in [-0.3, -0.25) is 14.9 Å². The summed E-state index contributed by atoms with van der Waals surface area (Å²) < 4.78 is 0. The number of carbonyl (C=O) groups excluding carboxylic acids is 1. The average molecular weight is 276 g/mol. The first-order chi connectivity index (χ1) is 8.40. The molecule has 1 rings (SSSR count). The van der Waals surface area contributed by atoms with Gasteiger partial charge in [-0.15, -0.1) is 11.8 Å². The van der Waals surface area contributed by atoms with Crippen molar-refractivity contribution in [3.05, 3.63) is 10.1 Å². The van der Waals surface area contributed by atoms with Crippen LogP contribution in [0, 0.1) is 16.0 Å². The lowest BCUT2D eigenvalue weighted by Crippen LogP contribution is -2.46. The number of hydrogen-bond donors (Lipinski definition) is 1. The predicted octanol–water partition coefficient (Wildman–Crippen LogP) is 0.664. The van der Waals surface area contributed by atoms with Crippen molar-refractivity contribution in [1.29, 1.82) is 0 Å². The highest BCUT2D eigenvalue weighted by Crippen LogP contribution is 2.27. The van der Waals surface area contributed by atoms with Crippen molar-refractivity contribution < 1.29 is 19.6 Å². The molecule has 1 heterocycles. The Morgan fingerprint density at radius 2 is 2.22 bits per heavy atom. The Labute approximate surface area is 109 Å². The quantitative estimate of drug-likeness (QED) is 0.585. The molecular formula is C10H16N2O5S. The van der Waals surface area contributed by atoms with Gasteiger partial charge in [0, 0.05) is 24.1 Å². The first-order valence-corrected chi connectivity index (χ1v) is 6.73. The van der Waals surface area contributed by atoms with Gasteiger partial charge in [-0.25, -0.2) is 4.79 Å². The molecule has 1 fully saturated rings. The van der Waals surface area contributed by atoms with Crippen LogP contribution < -0.4 is 0 Å². The molecule has 18 heavy (non-hydrogen) atoms.